The lowest BCUT2D eigenvalue weighted by atomic mass is 9.71. The fourth-order valence-electron chi connectivity index (χ4n) is 2.35. The minimum atomic E-state index is -7.63. The molecule has 0 aliphatic carbocycles. The predicted octanol–water partition coefficient (Wildman–Crippen LogP) is 6.82. The Bertz CT molecular complexity index is 675. The summed E-state index contributed by atoms with van der Waals surface area (Å²) in [6.07, 6.45) is -23.7. The van der Waals surface area contributed by atoms with Crippen LogP contribution in [-0.2, 0) is 6.42 Å². The number of alkyl halides is 13. The third-order valence-corrected chi connectivity index (χ3v) is 3.94. The molecule has 0 nitrogen and oxygen atoms in total. The predicted molar refractivity (Wildman–Crippen MR) is 70.7 cm³/mol. The van der Waals surface area contributed by atoms with Gasteiger partial charge in [-0.25, -0.2) is 0 Å². The van der Waals surface area contributed by atoms with Gasteiger partial charge < -0.3 is 0 Å². The molecule has 13 heteroatoms. The van der Waals surface area contributed by atoms with Gasteiger partial charge in [0, 0.05) is 6.42 Å². The van der Waals surface area contributed by atoms with E-state index in [9.17, 15) is 57.1 Å². The van der Waals surface area contributed by atoms with E-state index in [0.717, 1.165) is 18.2 Å². The van der Waals surface area contributed by atoms with E-state index in [0.29, 0.717) is 12.1 Å². The first kappa shape index (κ1) is 24.1. The second-order valence-electron chi connectivity index (χ2n) is 5.67. The monoisotopic (exact) mass is 436 g/mol. The highest BCUT2D eigenvalue weighted by Gasteiger charge is 2.91. The van der Waals surface area contributed by atoms with Crippen LogP contribution in [-0.4, -0.2) is 30.4 Å². The van der Waals surface area contributed by atoms with Crippen LogP contribution in [0.1, 0.15) is 11.1 Å². The maximum absolute atomic E-state index is 13.9. The second kappa shape index (κ2) is 6.83. The summed E-state index contributed by atoms with van der Waals surface area (Å²) in [7, 11) is 0. The summed E-state index contributed by atoms with van der Waals surface area (Å²) in [5.41, 5.74) is -7.81. The lowest BCUT2D eigenvalue weighted by Gasteiger charge is -2.45. The molecule has 1 aromatic carbocycles. The van der Waals surface area contributed by atoms with Gasteiger partial charge in [0.2, 0.25) is 5.41 Å². The van der Waals surface area contributed by atoms with Crippen LogP contribution in [0.15, 0.2) is 30.8 Å². The van der Waals surface area contributed by atoms with Crippen LogP contribution < -0.4 is 0 Å². The van der Waals surface area contributed by atoms with Crippen LogP contribution in [0, 0.1) is 5.41 Å². The lowest BCUT2D eigenvalue weighted by molar-refractivity contribution is -0.460. The van der Waals surface area contributed by atoms with Gasteiger partial charge in [-0.3, -0.25) is 0 Å². The molecular weight excluding hydrogens is 427 g/mol. The molecule has 0 aliphatic rings. The topological polar surface area (TPSA) is 0 Å². The molecule has 0 saturated carbocycles. The molecular formula is C15H9F13. The molecule has 1 rings (SSSR count). The van der Waals surface area contributed by atoms with E-state index in [1.807, 2.05) is 0 Å². The van der Waals surface area contributed by atoms with Gasteiger partial charge in [-0.2, -0.15) is 57.1 Å². The summed E-state index contributed by atoms with van der Waals surface area (Å²) < 4.78 is 170. The zero-order chi connectivity index (χ0) is 22.4. The molecule has 0 spiro atoms. The molecule has 28 heavy (non-hydrogen) atoms. The largest absolute Gasteiger partial charge is 0.459 e. The zero-order valence-electron chi connectivity index (χ0n) is 13.2. The molecule has 0 N–H and O–H groups in total. The van der Waals surface area contributed by atoms with Crippen molar-refractivity contribution in [1.29, 1.82) is 0 Å². The molecule has 1 aromatic rings. The maximum atomic E-state index is 13.9. The average molecular weight is 436 g/mol. The van der Waals surface area contributed by atoms with Crippen molar-refractivity contribution < 1.29 is 57.1 Å². The number of halogens is 13. The summed E-state index contributed by atoms with van der Waals surface area (Å²) in [6, 6.07) is 2.54. The fourth-order valence-corrected chi connectivity index (χ4v) is 2.35. The van der Waals surface area contributed by atoms with Crippen molar-refractivity contribution in [2.45, 2.75) is 36.8 Å². The van der Waals surface area contributed by atoms with E-state index in [4.69, 9.17) is 0 Å². The first-order valence-electron chi connectivity index (χ1n) is 6.93. The van der Waals surface area contributed by atoms with Crippen molar-refractivity contribution in [3.05, 3.63) is 42.0 Å². The van der Waals surface area contributed by atoms with E-state index in [2.05, 4.69) is 6.58 Å². The lowest BCUT2D eigenvalue weighted by Crippen LogP contribution is -2.71. The quantitative estimate of drug-likeness (QED) is 0.445. The standard InChI is InChI=1S/C15H9F13/c1-2-8-3-5-9(6-4-8)7-10(13(20,21)22,14(23,24)25)11(16,17)12(18,19)15(26,27)28/h2-6H,1,7H2. The minimum absolute atomic E-state index is 0.112. The Labute approximate surface area is 148 Å². The molecule has 0 aliphatic heterocycles. The Hall–Kier alpha value is -1.95. The van der Waals surface area contributed by atoms with Gasteiger partial charge in [-0.05, 0) is 11.1 Å². The molecule has 0 atom stereocenters. The van der Waals surface area contributed by atoms with Crippen LogP contribution in [0.4, 0.5) is 57.1 Å². The molecule has 160 valence electrons. The molecule has 0 radical (unpaired) electrons. The Morgan fingerprint density at radius 1 is 0.607 bits per heavy atom. The van der Waals surface area contributed by atoms with Crippen molar-refractivity contribution >= 4 is 6.08 Å². The molecule has 0 aromatic heterocycles. The van der Waals surface area contributed by atoms with Gasteiger partial charge in [-0.15, -0.1) is 0 Å². The van der Waals surface area contributed by atoms with Crippen LogP contribution in [0.5, 0.6) is 0 Å². The Morgan fingerprint density at radius 2 is 1.00 bits per heavy atom. The van der Waals surface area contributed by atoms with Crippen molar-refractivity contribution in [2.75, 3.05) is 0 Å². The van der Waals surface area contributed by atoms with Crippen molar-refractivity contribution in [1.82, 2.24) is 0 Å². The number of benzene rings is 1. The summed E-state index contributed by atoms with van der Waals surface area (Å²) in [6.45, 7) is 3.21. The highest BCUT2D eigenvalue weighted by Crippen LogP contribution is 2.66. The summed E-state index contributed by atoms with van der Waals surface area (Å²) in [4.78, 5) is 0. The van der Waals surface area contributed by atoms with Gasteiger partial charge in [-0.1, -0.05) is 36.9 Å². The SMILES string of the molecule is C=Cc1ccc(CC(C(F)(F)F)(C(F)(F)F)C(F)(F)C(F)(F)C(F)(F)F)cc1. The van der Waals surface area contributed by atoms with Gasteiger partial charge in [0.15, 0.2) is 0 Å². The summed E-state index contributed by atoms with van der Waals surface area (Å²) in [5.74, 6) is -15.3. The number of hydrogen-bond donors (Lipinski definition) is 0. The van der Waals surface area contributed by atoms with Gasteiger partial charge in [0.1, 0.15) is 0 Å². The minimum Gasteiger partial charge on any atom is -0.198 e. The van der Waals surface area contributed by atoms with Crippen LogP contribution >= 0.6 is 0 Å². The maximum Gasteiger partial charge on any atom is 0.459 e. The first-order chi connectivity index (χ1) is 12.3. The normalized spacial score (nSPS) is 14.9. The molecule has 0 unspecified atom stereocenters. The molecule has 0 saturated heterocycles. The number of hydrogen-bond acceptors (Lipinski definition) is 0. The molecule has 0 bridgehead atoms. The molecule has 0 fully saturated rings. The highest BCUT2D eigenvalue weighted by molar-refractivity contribution is 5.47. The Balaban J connectivity index is 3.84. The van der Waals surface area contributed by atoms with Crippen LogP contribution in [0.25, 0.3) is 6.08 Å². The van der Waals surface area contributed by atoms with E-state index in [1.54, 1.807) is 0 Å². The van der Waals surface area contributed by atoms with Crippen molar-refractivity contribution in [2.24, 2.45) is 5.41 Å². The smallest absolute Gasteiger partial charge is 0.198 e. The van der Waals surface area contributed by atoms with Gasteiger partial charge >= 0.3 is 30.4 Å². The second-order valence-corrected chi connectivity index (χ2v) is 5.67. The van der Waals surface area contributed by atoms with Gasteiger partial charge in [0.05, 0.1) is 0 Å². The van der Waals surface area contributed by atoms with Crippen LogP contribution in [0.2, 0.25) is 0 Å². The average Bonchev–Trinajstić information content (AvgIpc) is 2.49. The van der Waals surface area contributed by atoms with Crippen molar-refractivity contribution in [3.63, 3.8) is 0 Å². The van der Waals surface area contributed by atoms with Crippen molar-refractivity contribution in [3.8, 4) is 0 Å². The van der Waals surface area contributed by atoms with E-state index < -0.39 is 47.8 Å². The van der Waals surface area contributed by atoms with E-state index in [-0.39, 0.29) is 5.56 Å². The van der Waals surface area contributed by atoms with E-state index in [1.165, 1.54) is 0 Å². The first-order valence-corrected chi connectivity index (χ1v) is 6.93. The highest BCUT2D eigenvalue weighted by atomic mass is 19.4. The molecule has 0 amide bonds. The summed E-state index contributed by atoms with van der Waals surface area (Å²) in [5, 5.41) is 0. The van der Waals surface area contributed by atoms with Gasteiger partial charge in [0.25, 0.3) is 0 Å². The third kappa shape index (κ3) is 3.54. The third-order valence-electron chi connectivity index (χ3n) is 3.94. The van der Waals surface area contributed by atoms with Crippen LogP contribution in [0.3, 0.4) is 0 Å². The zero-order valence-corrected chi connectivity index (χ0v) is 13.2. The number of rotatable bonds is 5. The Kier molecular flexibility index (Phi) is 5.88. The fraction of sp³-hybridized carbons (Fsp3) is 0.467. The molecule has 0 heterocycles. The Morgan fingerprint density at radius 3 is 1.29 bits per heavy atom. The summed E-state index contributed by atoms with van der Waals surface area (Å²) >= 11 is 0. The van der Waals surface area contributed by atoms with E-state index >= 15 is 0 Å².